The Morgan fingerprint density at radius 1 is 1.19 bits per heavy atom. The first kappa shape index (κ1) is 29.5. The summed E-state index contributed by atoms with van der Waals surface area (Å²) in [6.07, 6.45) is 5.80. The number of aliphatic hydroxyl groups is 1. The van der Waals surface area contributed by atoms with Crippen molar-refractivity contribution in [2.45, 2.75) is 69.5 Å². The van der Waals surface area contributed by atoms with Gasteiger partial charge in [-0.1, -0.05) is 20.4 Å². The van der Waals surface area contributed by atoms with Gasteiger partial charge in [-0.15, -0.1) is 0 Å². The smallest absolute Gasteiger partial charge is 0.294 e. The lowest BCUT2D eigenvalue weighted by molar-refractivity contribution is 0.345. The van der Waals surface area contributed by atoms with Gasteiger partial charge in [-0.25, -0.2) is 23.4 Å². The molecule has 13 heteroatoms. The van der Waals surface area contributed by atoms with Crippen molar-refractivity contribution in [3.8, 4) is 5.88 Å². The Morgan fingerprint density at radius 3 is 2.60 bits per heavy atom. The van der Waals surface area contributed by atoms with Gasteiger partial charge in [-0.3, -0.25) is 19.3 Å². The van der Waals surface area contributed by atoms with Crippen LogP contribution in [0.15, 0.2) is 51.5 Å². The molecule has 2 N–H and O–H groups in total. The van der Waals surface area contributed by atoms with Crippen molar-refractivity contribution >= 4 is 21.2 Å². The van der Waals surface area contributed by atoms with Crippen LogP contribution in [0, 0.1) is 0 Å². The zero-order valence-electron chi connectivity index (χ0n) is 24.0. The molecule has 2 aliphatic rings. The van der Waals surface area contributed by atoms with Gasteiger partial charge in [-0.2, -0.15) is 0 Å². The molecule has 0 amide bonds. The Morgan fingerprint density at radius 2 is 1.98 bits per heavy atom. The minimum atomic E-state index is -3.37. The van der Waals surface area contributed by atoms with Crippen LogP contribution in [-0.2, 0) is 22.9 Å². The van der Waals surface area contributed by atoms with Crippen molar-refractivity contribution in [1.82, 2.24) is 24.5 Å². The van der Waals surface area contributed by atoms with Crippen LogP contribution in [0.3, 0.4) is 0 Å². The number of fused-ring (bicyclic) bond motifs is 1. The Kier molecular flexibility index (Phi) is 8.50. The highest BCUT2D eigenvalue weighted by Crippen LogP contribution is 2.46. The van der Waals surface area contributed by atoms with E-state index in [0.717, 1.165) is 24.1 Å². The van der Waals surface area contributed by atoms with Crippen LogP contribution in [0.2, 0.25) is 0 Å². The summed E-state index contributed by atoms with van der Waals surface area (Å²) < 4.78 is 31.5. The number of nitrogens with one attached hydrogen (secondary N) is 1. The molecule has 0 radical (unpaired) electrons. The summed E-state index contributed by atoms with van der Waals surface area (Å²) in [6.45, 7) is 8.08. The van der Waals surface area contributed by atoms with E-state index in [1.165, 1.54) is 18.6 Å². The number of aromatic nitrogens is 5. The summed E-state index contributed by atoms with van der Waals surface area (Å²) in [5.41, 5.74) is 3.43. The standard InChI is InChI=1S/C29H35N7O5S/c1-5-11-36-27-25(34-26(29(36)38)31-13-20-9-10-21(14-30-20)42(39,40)6-2)19(15-37)12-17(3)23(35-27)22-24(18-7-8-18)32-16-33-28(22)41-4/h9-10,14,16,18,23,37H,3,5-8,11-13,15H2,1-2,4H3,(H,31,34). The van der Waals surface area contributed by atoms with Gasteiger partial charge in [0.05, 0.1) is 47.9 Å². The molecule has 1 aliphatic heterocycles. The van der Waals surface area contributed by atoms with Crippen molar-refractivity contribution in [2.75, 3.05) is 24.8 Å². The second kappa shape index (κ2) is 12.1. The summed E-state index contributed by atoms with van der Waals surface area (Å²) in [5.74, 6) is 0.766. The Labute approximate surface area is 243 Å². The summed E-state index contributed by atoms with van der Waals surface area (Å²) >= 11 is 0. The third-order valence-corrected chi connectivity index (χ3v) is 9.19. The number of hydrogen-bond donors (Lipinski definition) is 2. The van der Waals surface area contributed by atoms with E-state index < -0.39 is 15.9 Å². The molecular weight excluding hydrogens is 558 g/mol. The SMILES string of the molecule is C=C1CC(CO)=c2nc(NCc3ccc(S(=O)(=O)CC)cn3)c(=O)n(CCC)c2=NC1c1c(OC)ncnc1C1CC1. The largest absolute Gasteiger partial charge is 0.481 e. The van der Waals surface area contributed by atoms with Crippen molar-refractivity contribution < 1.29 is 18.3 Å². The van der Waals surface area contributed by atoms with Crippen molar-refractivity contribution in [3.63, 3.8) is 0 Å². The number of rotatable bonds is 11. The highest BCUT2D eigenvalue weighted by molar-refractivity contribution is 7.91. The lowest BCUT2D eigenvalue weighted by Gasteiger charge is -2.20. The summed E-state index contributed by atoms with van der Waals surface area (Å²) in [4.78, 5) is 36.8. The number of hydrogen-bond acceptors (Lipinski definition) is 11. The molecule has 1 saturated carbocycles. The molecule has 0 saturated heterocycles. The van der Waals surface area contributed by atoms with Gasteiger partial charge < -0.3 is 15.2 Å². The lowest BCUT2D eigenvalue weighted by Crippen LogP contribution is -2.47. The predicted molar refractivity (Wildman–Crippen MR) is 156 cm³/mol. The van der Waals surface area contributed by atoms with Gasteiger partial charge in [0, 0.05) is 18.7 Å². The third-order valence-electron chi connectivity index (χ3n) is 7.47. The van der Waals surface area contributed by atoms with Gasteiger partial charge in [0.25, 0.3) is 5.56 Å². The highest BCUT2D eigenvalue weighted by atomic mass is 32.2. The maximum atomic E-state index is 13.8. The summed E-state index contributed by atoms with van der Waals surface area (Å²) in [5, 5.41) is 13.9. The average molecular weight is 594 g/mol. The summed E-state index contributed by atoms with van der Waals surface area (Å²) in [6, 6.07) is 2.51. The number of anilines is 1. The maximum absolute atomic E-state index is 13.8. The Bertz CT molecular complexity index is 1800. The molecule has 0 spiro atoms. The van der Waals surface area contributed by atoms with Gasteiger partial charge in [0.15, 0.2) is 21.1 Å². The molecule has 3 aromatic heterocycles. The number of sulfone groups is 1. The maximum Gasteiger partial charge on any atom is 0.294 e. The fraction of sp³-hybridized carbons (Fsp3) is 0.448. The second-order valence-corrected chi connectivity index (χ2v) is 12.7. The molecule has 0 aromatic carbocycles. The average Bonchev–Trinajstić information content (AvgIpc) is 3.86. The van der Waals surface area contributed by atoms with Crippen LogP contribution in [0.5, 0.6) is 5.88 Å². The first-order valence-corrected chi connectivity index (χ1v) is 15.7. The minimum absolute atomic E-state index is 0.0176. The molecule has 42 heavy (non-hydrogen) atoms. The third kappa shape index (κ3) is 5.71. The van der Waals surface area contributed by atoms with E-state index in [2.05, 4.69) is 31.8 Å². The van der Waals surface area contributed by atoms with E-state index in [1.54, 1.807) is 24.7 Å². The van der Waals surface area contributed by atoms with Crippen molar-refractivity contribution in [1.29, 1.82) is 0 Å². The van der Waals surface area contributed by atoms with Crippen LogP contribution in [0.1, 0.15) is 68.4 Å². The quantitative estimate of drug-likeness (QED) is 0.312. The number of ether oxygens (including phenoxy) is 1. The van der Waals surface area contributed by atoms with E-state index in [1.807, 2.05) is 6.92 Å². The van der Waals surface area contributed by atoms with Crippen LogP contribution in [0.25, 0.3) is 5.57 Å². The Hall–Kier alpha value is -3.97. The van der Waals surface area contributed by atoms with Crippen molar-refractivity contribution in [2.24, 2.45) is 4.99 Å². The van der Waals surface area contributed by atoms with Crippen LogP contribution in [0.4, 0.5) is 5.82 Å². The minimum Gasteiger partial charge on any atom is -0.481 e. The first-order valence-electron chi connectivity index (χ1n) is 14.0. The van der Waals surface area contributed by atoms with E-state index >= 15 is 0 Å². The molecule has 1 atom stereocenters. The predicted octanol–water partition coefficient (Wildman–Crippen LogP) is 1.59. The number of pyridine rings is 1. The second-order valence-electron chi connectivity index (χ2n) is 10.4. The first-order chi connectivity index (χ1) is 20.2. The molecular formula is C29H35N7O5S. The highest BCUT2D eigenvalue weighted by Gasteiger charge is 2.34. The molecule has 5 rings (SSSR count). The zero-order valence-corrected chi connectivity index (χ0v) is 24.8. The normalized spacial score (nSPS) is 16.9. The lowest BCUT2D eigenvalue weighted by atomic mass is 9.94. The van der Waals surface area contributed by atoms with Gasteiger partial charge in [0.1, 0.15) is 17.7 Å². The molecule has 1 unspecified atom stereocenters. The zero-order chi connectivity index (χ0) is 30.0. The number of nitrogens with zero attached hydrogens (tertiary/aromatic N) is 6. The molecule has 222 valence electrons. The number of methoxy groups -OCH3 is 1. The molecule has 3 aromatic rings. The molecule has 4 heterocycles. The monoisotopic (exact) mass is 593 g/mol. The van der Waals surface area contributed by atoms with Crippen LogP contribution < -0.4 is 26.4 Å². The molecule has 1 aliphatic carbocycles. The van der Waals surface area contributed by atoms with E-state index in [-0.39, 0.29) is 41.1 Å². The number of aliphatic hydroxyl groups excluding tert-OH is 1. The fourth-order valence-electron chi connectivity index (χ4n) is 5.08. The molecule has 12 nitrogen and oxygen atoms in total. The molecule has 1 fully saturated rings. The van der Waals surface area contributed by atoms with Gasteiger partial charge in [0.2, 0.25) is 5.88 Å². The fourth-order valence-corrected chi connectivity index (χ4v) is 5.90. The van der Waals surface area contributed by atoms with E-state index in [9.17, 15) is 18.3 Å². The molecule has 0 bridgehead atoms. The van der Waals surface area contributed by atoms with Crippen molar-refractivity contribution in [3.05, 3.63) is 75.0 Å². The topological polar surface area (TPSA) is 162 Å². The van der Waals surface area contributed by atoms with E-state index in [0.29, 0.717) is 52.9 Å². The summed E-state index contributed by atoms with van der Waals surface area (Å²) in [7, 11) is -1.82. The van der Waals surface area contributed by atoms with Crippen LogP contribution in [-0.4, -0.2) is 57.5 Å². The van der Waals surface area contributed by atoms with Gasteiger partial charge in [-0.05, 0) is 49.0 Å². The van der Waals surface area contributed by atoms with E-state index in [4.69, 9.17) is 9.73 Å². The Balaban J connectivity index is 1.62. The van der Waals surface area contributed by atoms with Gasteiger partial charge >= 0.3 is 0 Å². The van der Waals surface area contributed by atoms with Crippen LogP contribution >= 0.6 is 0 Å².